The van der Waals surface area contributed by atoms with Gasteiger partial charge in [0.1, 0.15) is 13.2 Å². The molecule has 0 aliphatic carbocycles. The molecule has 23 heavy (non-hydrogen) atoms. The Kier molecular flexibility index (Phi) is 5.00. The molecule has 3 rings (SSSR count). The molecule has 2 aromatic rings. The molecule has 1 aromatic carbocycles. The third kappa shape index (κ3) is 3.75. The Bertz CT molecular complexity index is 694. The average molecular weight is 335 g/mol. The molecular formula is C17H19ClN2O3. The van der Waals surface area contributed by atoms with E-state index in [2.05, 4.69) is 10.3 Å². The molecular weight excluding hydrogens is 316 g/mol. The molecule has 1 atom stereocenters. The van der Waals surface area contributed by atoms with Crippen molar-refractivity contribution in [3.05, 3.63) is 52.3 Å². The number of aromatic nitrogens is 1. The van der Waals surface area contributed by atoms with E-state index in [4.69, 9.17) is 21.1 Å². The highest BCUT2D eigenvalue weighted by atomic mass is 35.5. The average Bonchev–Trinajstić information content (AvgIpc) is 2.56. The van der Waals surface area contributed by atoms with Gasteiger partial charge in [-0.2, -0.15) is 0 Å². The lowest BCUT2D eigenvalue weighted by Gasteiger charge is -2.21. The van der Waals surface area contributed by atoms with Crippen molar-refractivity contribution in [2.75, 3.05) is 19.8 Å². The van der Waals surface area contributed by atoms with E-state index in [0.29, 0.717) is 48.4 Å². The van der Waals surface area contributed by atoms with Gasteiger partial charge in [0.05, 0.1) is 11.1 Å². The molecule has 2 heterocycles. The molecule has 0 fully saturated rings. The normalized spacial score (nSPS) is 14.6. The zero-order valence-electron chi connectivity index (χ0n) is 12.9. The molecule has 0 saturated heterocycles. The van der Waals surface area contributed by atoms with Crippen LogP contribution in [0.25, 0.3) is 0 Å². The summed E-state index contributed by atoms with van der Waals surface area (Å²) in [5.74, 6) is 1.13. The number of ether oxygens (including phenoxy) is 2. The quantitative estimate of drug-likeness (QED) is 0.880. The van der Waals surface area contributed by atoms with E-state index in [1.165, 1.54) is 0 Å². The van der Waals surface area contributed by atoms with Gasteiger partial charge in [-0.15, -0.1) is 0 Å². The summed E-state index contributed by atoms with van der Waals surface area (Å²) < 4.78 is 11.0. The van der Waals surface area contributed by atoms with Gasteiger partial charge in [-0.1, -0.05) is 17.7 Å². The molecule has 1 aromatic heterocycles. The van der Waals surface area contributed by atoms with Gasteiger partial charge in [0, 0.05) is 25.0 Å². The van der Waals surface area contributed by atoms with Crippen molar-refractivity contribution in [3.8, 4) is 11.5 Å². The van der Waals surface area contributed by atoms with Crippen LogP contribution in [0.15, 0.2) is 30.5 Å². The Morgan fingerprint density at radius 1 is 1.35 bits per heavy atom. The first-order valence-corrected chi connectivity index (χ1v) is 7.91. The fourth-order valence-electron chi connectivity index (χ4n) is 2.49. The molecule has 0 spiro atoms. The number of pyridine rings is 1. The van der Waals surface area contributed by atoms with Crippen LogP contribution in [0.3, 0.4) is 0 Å². The van der Waals surface area contributed by atoms with E-state index in [0.717, 1.165) is 11.3 Å². The van der Waals surface area contributed by atoms with Gasteiger partial charge >= 0.3 is 0 Å². The van der Waals surface area contributed by atoms with Crippen LogP contribution in [0, 0.1) is 6.92 Å². The molecule has 5 nitrogen and oxygen atoms in total. The van der Waals surface area contributed by atoms with Gasteiger partial charge in [0.15, 0.2) is 11.5 Å². The summed E-state index contributed by atoms with van der Waals surface area (Å²) in [5, 5.41) is 14.1. The van der Waals surface area contributed by atoms with Crippen molar-refractivity contribution >= 4 is 11.6 Å². The summed E-state index contributed by atoms with van der Waals surface area (Å²) in [6.07, 6.45) is 1.09. The fourth-order valence-corrected chi connectivity index (χ4v) is 2.76. The van der Waals surface area contributed by atoms with Gasteiger partial charge in [0.25, 0.3) is 0 Å². The van der Waals surface area contributed by atoms with Gasteiger partial charge in [-0.25, -0.2) is 0 Å². The first-order valence-electron chi connectivity index (χ1n) is 7.53. The molecule has 0 radical (unpaired) electrons. The van der Waals surface area contributed by atoms with E-state index < -0.39 is 6.10 Å². The minimum atomic E-state index is -0.680. The van der Waals surface area contributed by atoms with Crippen LogP contribution in [0.1, 0.15) is 22.9 Å². The molecule has 1 unspecified atom stereocenters. The maximum atomic E-state index is 10.4. The van der Waals surface area contributed by atoms with Crippen molar-refractivity contribution in [2.24, 2.45) is 0 Å². The largest absolute Gasteiger partial charge is 0.486 e. The maximum Gasteiger partial charge on any atom is 0.179 e. The Morgan fingerprint density at radius 3 is 3.00 bits per heavy atom. The second kappa shape index (κ2) is 7.17. The number of aryl methyl sites for hydroxylation is 1. The standard InChI is InChI=1S/C17H19ClN2O3/c1-11-12(3-2-4-20-11)9-19-10-15(21)13-7-14(18)17-16(8-13)22-5-6-23-17/h2-4,7-8,15,19,21H,5-6,9-10H2,1H3. The summed E-state index contributed by atoms with van der Waals surface area (Å²) >= 11 is 6.20. The summed E-state index contributed by atoms with van der Waals surface area (Å²) in [7, 11) is 0. The minimum Gasteiger partial charge on any atom is -0.486 e. The Balaban J connectivity index is 1.63. The van der Waals surface area contributed by atoms with E-state index in [-0.39, 0.29) is 0 Å². The predicted octanol–water partition coefficient (Wildman–Crippen LogP) is 2.64. The van der Waals surface area contributed by atoms with Crippen molar-refractivity contribution < 1.29 is 14.6 Å². The molecule has 122 valence electrons. The number of hydrogen-bond acceptors (Lipinski definition) is 5. The van der Waals surface area contributed by atoms with Crippen LogP contribution in [0.4, 0.5) is 0 Å². The number of rotatable bonds is 5. The van der Waals surface area contributed by atoms with E-state index in [1.54, 1.807) is 18.3 Å². The van der Waals surface area contributed by atoms with Gasteiger partial charge in [0.2, 0.25) is 0 Å². The fraction of sp³-hybridized carbons (Fsp3) is 0.353. The van der Waals surface area contributed by atoms with Crippen LogP contribution >= 0.6 is 11.6 Å². The van der Waals surface area contributed by atoms with E-state index in [1.807, 2.05) is 19.1 Å². The van der Waals surface area contributed by atoms with E-state index >= 15 is 0 Å². The molecule has 6 heteroatoms. The molecule has 0 saturated carbocycles. The van der Waals surface area contributed by atoms with Crippen molar-refractivity contribution in [2.45, 2.75) is 19.6 Å². The summed E-state index contributed by atoms with van der Waals surface area (Å²) in [6, 6.07) is 7.42. The van der Waals surface area contributed by atoms with Crippen LogP contribution in [0.2, 0.25) is 5.02 Å². The number of aliphatic hydroxyl groups is 1. The number of benzene rings is 1. The molecule has 2 N–H and O–H groups in total. The second-order valence-electron chi connectivity index (χ2n) is 5.42. The summed E-state index contributed by atoms with van der Waals surface area (Å²) in [6.45, 7) is 4.00. The van der Waals surface area contributed by atoms with Gasteiger partial charge in [-0.05, 0) is 36.2 Å². The second-order valence-corrected chi connectivity index (χ2v) is 5.83. The SMILES string of the molecule is Cc1ncccc1CNCC(O)c1cc(Cl)c2c(c1)OCCO2. The number of nitrogens with one attached hydrogen (secondary N) is 1. The number of aliphatic hydroxyl groups excluding tert-OH is 1. The smallest absolute Gasteiger partial charge is 0.179 e. The zero-order chi connectivity index (χ0) is 16.2. The Labute approximate surface area is 140 Å². The highest BCUT2D eigenvalue weighted by Gasteiger charge is 2.19. The first-order chi connectivity index (χ1) is 11.1. The number of halogens is 1. The highest BCUT2D eigenvalue weighted by Crippen LogP contribution is 2.39. The zero-order valence-corrected chi connectivity index (χ0v) is 13.6. The monoisotopic (exact) mass is 334 g/mol. The Morgan fingerprint density at radius 2 is 2.17 bits per heavy atom. The molecule has 0 amide bonds. The lowest BCUT2D eigenvalue weighted by molar-refractivity contribution is 0.163. The molecule has 0 bridgehead atoms. The van der Waals surface area contributed by atoms with Gasteiger partial charge in [-0.3, -0.25) is 4.98 Å². The first kappa shape index (κ1) is 16.1. The van der Waals surface area contributed by atoms with Crippen LogP contribution < -0.4 is 14.8 Å². The number of hydrogen-bond donors (Lipinski definition) is 2. The minimum absolute atomic E-state index is 0.407. The lowest BCUT2D eigenvalue weighted by atomic mass is 10.1. The van der Waals surface area contributed by atoms with Crippen molar-refractivity contribution in [1.29, 1.82) is 0 Å². The van der Waals surface area contributed by atoms with Crippen molar-refractivity contribution in [1.82, 2.24) is 10.3 Å². The van der Waals surface area contributed by atoms with Gasteiger partial charge < -0.3 is 19.9 Å². The molecule has 1 aliphatic rings. The maximum absolute atomic E-state index is 10.4. The van der Waals surface area contributed by atoms with Crippen molar-refractivity contribution in [3.63, 3.8) is 0 Å². The van der Waals surface area contributed by atoms with Crippen LogP contribution in [-0.2, 0) is 6.54 Å². The number of fused-ring (bicyclic) bond motifs is 1. The van der Waals surface area contributed by atoms with E-state index in [9.17, 15) is 5.11 Å². The summed E-state index contributed by atoms with van der Waals surface area (Å²) in [5.41, 5.74) is 2.80. The third-order valence-corrected chi connectivity index (χ3v) is 4.05. The highest BCUT2D eigenvalue weighted by molar-refractivity contribution is 6.32. The topological polar surface area (TPSA) is 63.6 Å². The number of nitrogens with zero attached hydrogens (tertiary/aromatic N) is 1. The van der Waals surface area contributed by atoms with Crippen LogP contribution in [-0.4, -0.2) is 29.8 Å². The summed E-state index contributed by atoms with van der Waals surface area (Å²) in [4.78, 5) is 4.24. The molecule has 1 aliphatic heterocycles. The Hall–Kier alpha value is -1.82. The third-order valence-electron chi connectivity index (χ3n) is 3.77. The predicted molar refractivity (Wildman–Crippen MR) is 88.1 cm³/mol. The lowest BCUT2D eigenvalue weighted by Crippen LogP contribution is -2.22. The van der Waals surface area contributed by atoms with Crippen LogP contribution in [0.5, 0.6) is 11.5 Å².